The third kappa shape index (κ3) is 2.97. The van der Waals surface area contributed by atoms with E-state index in [0.717, 1.165) is 31.0 Å². The second-order valence-corrected chi connectivity index (χ2v) is 4.19. The molecule has 100 valence electrons. The van der Waals surface area contributed by atoms with Crippen LogP contribution in [0.4, 0.5) is 8.78 Å². The van der Waals surface area contributed by atoms with Gasteiger partial charge in [0.15, 0.2) is 0 Å². The van der Waals surface area contributed by atoms with Crippen LogP contribution in [0.15, 0.2) is 18.2 Å². The summed E-state index contributed by atoms with van der Waals surface area (Å²) in [6.45, 7) is 0.975. The number of nitrogens with two attached hydrogens (primary N) is 1. The summed E-state index contributed by atoms with van der Waals surface area (Å²) in [4.78, 5) is 13.6. The van der Waals surface area contributed by atoms with E-state index in [4.69, 9.17) is 5.73 Å². The third-order valence-corrected chi connectivity index (χ3v) is 3.02. The second kappa shape index (κ2) is 6.11. The monoisotopic (exact) mass is 276 g/mol. The highest BCUT2D eigenvalue weighted by atomic mass is 35.5. The summed E-state index contributed by atoms with van der Waals surface area (Å²) in [5.74, 6) is -1.83. The molecule has 0 aliphatic carbocycles. The van der Waals surface area contributed by atoms with Crippen LogP contribution in [0.1, 0.15) is 23.2 Å². The minimum Gasteiger partial charge on any atom is -0.334 e. The maximum absolute atomic E-state index is 13.0. The summed E-state index contributed by atoms with van der Waals surface area (Å²) in [5, 5.41) is 0. The number of hydrogen-bond donors (Lipinski definition) is 1. The van der Waals surface area contributed by atoms with Crippen LogP contribution in [0.3, 0.4) is 0 Å². The molecule has 1 aromatic rings. The molecule has 1 unspecified atom stereocenters. The Kier molecular flexibility index (Phi) is 5.04. The standard InChI is InChI=1S/C12H14F2N2O.ClH/c13-9-4-8(5-10(14)6-9)12(17)16-3-1-2-11(16)7-15;/h4-6,11H,1-3,7,15H2;1H. The van der Waals surface area contributed by atoms with Gasteiger partial charge in [-0.05, 0) is 25.0 Å². The average molecular weight is 277 g/mol. The largest absolute Gasteiger partial charge is 0.334 e. The number of hydrogen-bond acceptors (Lipinski definition) is 2. The second-order valence-electron chi connectivity index (χ2n) is 4.19. The highest BCUT2D eigenvalue weighted by molar-refractivity contribution is 5.94. The summed E-state index contributed by atoms with van der Waals surface area (Å²) in [6, 6.07) is 2.84. The molecule has 6 heteroatoms. The van der Waals surface area contributed by atoms with E-state index < -0.39 is 11.6 Å². The Bertz CT molecular complexity index is 422. The van der Waals surface area contributed by atoms with E-state index in [1.807, 2.05) is 0 Å². The number of likely N-dealkylation sites (tertiary alicyclic amines) is 1. The van der Waals surface area contributed by atoms with Crippen molar-refractivity contribution in [1.82, 2.24) is 4.90 Å². The van der Waals surface area contributed by atoms with E-state index in [1.165, 1.54) is 0 Å². The van der Waals surface area contributed by atoms with Crippen molar-refractivity contribution in [3.8, 4) is 0 Å². The molecule has 18 heavy (non-hydrogen) atoms. The van der Waals surface area contributed by atoms with Gasteiger partial charge in [-0.25, -0.2) is 8.78 Å². The van der Waals surface area contributed by atoms with E-state index in [2.05, 4.69) is 0 Å². The summed E-state index contributed by atoms with van der Waals surface area (Å²) < 4.78 is 26.0. The lowest BCUT2D eigenvalue weighted by Crippen LogP contribution is -2.39. The van der Waals surface area contributed by atoms with Gasteiger partial charge < -0.3 is 10.6 Å². The van der Waals surface area contributed by atoms with Gasteiger partial charge in [0.05, 0.1) is 0 Å². The number of nitrogens with zero attached hydrogens (tertiary/aromatic N) is 1. The molecular weight excluding hydrogens is 262 g/mol. The first-order chi connectivity index (χ1) is 8.11. The predicted molar refractivity (Wildman–Crippen MR) is 66.7 cm³/mol. The Morgan fingerprint density at radius 3 is 2.50 bits per heavy atom. The van der Waals surface area contributed by atoms with Crippen LogP contribution in [0, 0.1) is 11.6 Å². The number of carbonyl (C=O) groups is 1. The van der Waals surface area contributed by atoms with Gasteiger partial charge in [0.25, 0.3) is 5.91 Å². The Morgan fingerprint density at radius 2 is 1.94 bits per heavy atom. The average Bonchev–Trinajstić information content (AvgIpc) is 2.74. The highest BCUT2D eigenvalue weighted by Gasteiger charge is 2.28. The lowest BCUT2D eigenvalue weighted by atomic mass is 10.1. The van der Waals surface area contributed by atoms with Crippen LogP contribution in [0.5, 0.6) is 0 Å². The molecule has 1 aliphatic heterocycles. The number of halogens is 3. The van der Waals surface area contributed by atoms with Gasteiger partial charge in [-0.3, -0.25) is 4.79 Å². The zero-order valence-corrected chi connectivity index (χ0v) is 10.6. The zero-order valence-electron chi connectivity index (χ0n) is 9.73. The fourth-order valence-corrected chi connectivity index (χ4v) is 2.19. The van der Waals surface area contributed by atoms with Crippen LogP contribution in [-0.4, -0.2) is 29.9 Å². The van der Waals surface area contributed by atoms with Crippen LogP contribution < -0.4 is 5.73 Å². The first-order valence-electron chi connectivity index (χ1n) is 5.59. The molecule has 0 radical (unpaired) electrons. The van der Waals surface area contributed by atoms with Gasteiger partial charge in [0, 0.05) is 30.8 Å². The Balaban J connectivity index is 0.00000162. The predicted octanol–water partition coefficient (Wildman–Crippen LogP) is 1.95. The molecule has 1 amide bonds. The van der Waals surface area contributed by atoms with Crippen molar-refractivity contribution in [3.05, 3.63) is 35.4 Å². The van der Waals surface area contributed by atoms with E-state index in [0.29, 0.717) is 13.1 Å². The molecule has 1 heterocycles. The van der Waals surface area contributed by atoms with Gasteiger partial charge in [-0.1, -0.05) is 0 Å². The molecule has 1 aromatic carbocycles. The van der Waals surface area contributed by atoms with E-state index >= 15 is 0 Å². The third-order valence-electron chi connectivity index (χ3n) is 3.02. The maximum atomic E-state index is 13.0. The quantitative estimate of drug-likeness (QED) is 0.897. The molecule has 0 saturated carbocycles. The fourth-order valence-electron chi connectivity index (χ4n) is 2.19. The highest BCUT2D eigenvalue weighted by Crippen LogP contribution is 2.20. The minimum absolute atomic E-state index is 0. The fraction of sp³-hybridized carbons (Fsp3) is 0.417. The number of carbonyl (C=O) groups excluding carboxylic acids is 1. The number of benzene rings is 1. The summed E-state index contributed by atoms with van der Waals surface area (Å²) >= 11 is 0. The Labute approximate surface area is 110 Å². The first kappa shape index (κ1) is 14.9. The molecule has 1 fully saturated rings. The van der Waals surface area contributed by atoms with Gasteiger partial charge in [-0.15, -0.1) is 12.4 Å². The first-order valence-corrected chi connectivity index (χ1v) is 5.59. The van der Waals surface area contributed by atoms with Crippen molar-refractivity contribution in [2.75, 3.05) is 13.1 Å². The smallest absolute Gasteiger partial charge is 0.254 e. The molecule has 1 aliphatic rings. The molecule has 1 saturated heterocycles. The topological polar surface area (TPSA) is 46.3 Å². The summed E-state index contributed by atoms with van der Waals surface area (Å²) in [7, 11) is 0. The number of rotatable bonds is 2. The maximum Gasteiger partial charge on any atom is 0.254 e. The van der Waals surface area contributed by atoms with Gasteiger partial charge in [-0.2, -0.15) is 0 Å². The summed E-state index contributed by atoms with van der Waals surface area (Å²) in [6.07, 6.45) is 1.73. The lowest BCUT2D eigenvalue weighted by molar-refractivity contribution is 0.0740. The van der Waals surface area contributed by atoms with Crippen molar-refractivity contribution in [2.45, 2.75) is 18.9 Å². The molecule has 0 spiro atoms. The van der Waals surface area contributed by atoms with E-state index in [1.54, 1.807) is 4.90 Å². The minimum atomic E-state index is -0.739. The van der Waals surface area contributed by atoms with Gasteiger partial charge in [0.1, 0.15) is 11.6 Å². The number of amides is 1. The molecule has 0 bridgehead atoms. The molecule has 2 rings (SSSR count). The Hall–Kier alpha value is -1.20. The molecule has 3 nitrogen and oxygen atoms in total. The van der Waals surface area contributed by atoms with Crippen LogP contribution in [0.2, 0.25) is 0 Å². The van der Waals surface area contributed by atoms with Crippen LogP contribution in [0.25, 0.3) is 0 Å². The summed E-state index contributed by atoms with van der Waals surface area (Å²) in [5.41, 5.74) is 5.60. The van der Waals surface area contributed by atoms with Crippen molar-refractivity contribution in [2.24, 2.45) is 5.73 Å². The van der Waals surface area contributed by atoms with Crippen LogP contribution in [-0.2, 0) is 0 Å². The van der Waals surface area contributed by atoms with Crippen molar-refractivity contribution in [3.63, 3.8) is 0 Å². The van der Waals surface area contributed by atoms with E-state index in [9.17, 15) is 13.6 Å². The molecule has 2 N–H and O–H groups in total. The molecule has 1 atom stereocenters. The van der Waals surface area contributed by atoms with Crippen molar-refractivity contribution in [1.29, 1.82) is 0 Å². The zero-order chi connectivity index (χ0) is 12.4. The SMILES string of the molecule is Cl.NCC1CCCN1C(=O)c1cc(F)cc(F)c1. The normalized spacial score (nSPS) is 18.6. The van der Waals surface area contributed by atoms with Crippen molar-refractivity contribution >= 4 is 18.3 Å². The van der Waals surface area contributed by atoms with Gasteiger partial charge in [0.2, 0.25) is 0 Å². The van der Waals surface area contributed by atoms with E-state index in [-0.39, 0.29) is 29.9 Å². The van der Waals surface area contributed by atoms with Crippen molar-refractivity contribution < 1.29 is 13.6 Å². The molecule has 0 aromatic heterocycles. The Morgan fingerprint density at radius 1 is 1.33 bits per heavy atom. The van der Waals surface area contributed by atoms with Gasteiger partial charge >= 0.3 is 0 Å². The van der Waals surface area contributed by atoms with Crippen LogP contribution >= 0.6 is 12.4 Å². The molecular formula is C12H15ClF2N2O. The lowest BCUT2D eigenvalue weighted by Gasteiger charge is -2.23.